The summed E-state index contributed by atoms with van der Waals surface area (Å²) < 4.78 is 12.6. The largest absolute Gasteiger partial charge is 0.493 e. The summed E-state index contributed by atoms with van der Waals surface area (Å²) in [6, 6.07) is 20.6. The van der Waals surface area contributed by atoms with E-state index in [2.05, 4.69) is 21.9 Å². The molecule has 34 heavy (non-hydrogen) atoms. The van der Waals surface area contributed by atoms with E-state index in [4.69, 9.17) is 9.47 Å². The highest BCUT2D eigenvalue weighted by Gasteiger charge is 2.11. The Balaban J connectivity index is 1.26. The maximum Gasteiger partial charge on any atom is 0.269 e. The Kier molecular flexibility index (Phi) is 7.66. The smallest absolute Gasteiger partial charge is 0.269 e. The number of ether oxygens (including phenoxy) is 2. The SMILES string of the molecule is COc1ccc(CC(=O)NNC(=O)c2ccc(CSc3nc4ccccc4s3)cc2)cc1OC. The number of methoxy groups -OCH3 is 2. The third kappa shape index (κ3) is 5.86. The molecular formula is C25H23N3O4S2. The second-order valence-corrected chi connectivity index (χ2v) is 9.55. The number of hydrogen-bond donors (Lipinski definition) is 2. The molecule has 0 aliphatic rings. The summed E-state index contributed by atoms with van der Waals surface area (Å²) >= 11 is 3.34. The number of hydrazine groups is 1. The van der Waals surface area contributed by atoms with Crippen LogP contribution in [0.1, 0.15) is 21.5 Å². The van der Waals surface area contributed by atoms with Crippen molar-refractivity contribution >= 4 is 45.1 Å². The van der Waals surface area contributed by atoms with Gasteiger partial charge in [0, 0.05) is 11.3 Å². The highest BCUT2D eigenvalue weighted by atomic mass is 32.2. The minimum atomic E-state index is -0.383. The molecule has 2 N–H and O–H groups in total. The molecule has 0 fully saturated rings. The second kappa shape index (κ2) is 11.0. The predicted octanol–water partition coefficient (Wildman–Crippen LogP) is 4.61. The van der Waals surface area contributed by atoms with E-state index in [1.165, 1.54) is 11.8 Å². The Bertz CT molecular complexity index is 1270. The topological polar surface area (TPSA) is 89.6 Å². The van der Waals surface area contributed by atoms with E-state index in [0.717, 1.165) is 26.7 Å². The Hall–Kier alpha value is -3.56. The van der Waals surface area contributed by atoms with Crippen LogP contribution in [-0.2, 0) is 17.0 Å². The molecule has 2 amide bonds. The average molecular weight is 494 g/mol. The molecule has 0 saturated heterocycles. The number of nitrogens with one attached hydrogen (secondary N) is 2. The van der Waals surface area contributed by atoms with Crippen molar-refractivity contribution in [3.63, 3.8) is 0 Å². The van der Waals surface area contributed by atoms with Crippen LogP contribution in [0.25, 0.3) is 10.2 Å². The minimum absolute atomic E-state index is 0.0859. The van der Waals surface area contributed by atoms with Gasteiger partial charge in [0.15, 0.2) is 15.8 Å². The van der Waals surface area contributed by atoms with Crippen LogP contribution in [0.15, 0.2) is 71.1 Å². The van der Waals surface area contributed by atoms with E-state index in [1.54, 1.807) is 60.5 Å². The lowest BCUT2D eigenvalue weighted by molar-refractivity contribution is -0.121. The van der Waals surface area contributed by atoms with Crippen LogP contribution < -0.4 is 20.3 Å². The molecule has 9 heteroatoms. The number of benzene rings is 3. The first-order valence-corrected chi connectivity index (χ1v) is 12.2. The predicted molar refractivity (Wildman–Crippen MR) is 134 cm³/mol. The maximum atomic E-state index is 12.4. The fourth-order valence-electron chi connectivity index (χ4n) is 3.23. The summed E-state index contributed by atoms with van der Waals surface area (Å²) in [7, 11) is 3.08. The monoisotopic (exact) mass is 493 g/mol. The molecule has 4 rings (SSSR count). The number of carbonyl (C=O) groups excluding carboxylic acids is 2. The number of aromatic nitrogens is 1. The van der Waals surface area contributed by atoms with Crippen LogP contribution in [0.5, 0.6) is 11.5 Å². The molecule has 0 unspecified atom stereocenters. The number of rotatable bonds is 8. The Labute approximate surface area is 205 Å². The van der Waals surface area contributed by atoms with Gasteiger partial charge in [-0.15, -0.1) is 11.3 Å². The summed E-state index contributed by atoms with van der Waals surface area (Å²) in [6.07, 6.45) is 0.0859. The molecule has 0 aliphatic heterocycles. The van der Waals surface area contributed by atoms with Crippen LogP contribution in [0.3, 0.4) is 0 Å². The number of thiazole rings is 1. The Morgan fingerprint density at radius 1 is 0.912 bits per heavy atom. The Morgan fingerprint density at radius 3 is 2.38 bits per heavy atom. The van der Waals surface area contributed by atoms with Crippen LogP contribution in [0, 0.1) is 0 Å². The molecule has 0 bridgehead atoms. The zero-order valence-corrected chi connectivity index (χ0v) is 20.3. The molecule has 0 radical (unpaired) electrons. The van der Waals surface area contributed by atoms with Crippen molar-refractivity contribution < 1.29 is 19.1 Å². The van der Waals surface area contributed by atoms with Crippen LogP contribution in [0.2, 0.25) is 0 Å². The molecule has 7 nitrogen and oxygen atoms in total. The van der Waals surface area contributed by atoms with E-state index in [-0.39, 0.29) is 18.2 Å². The van der Waals surface area contributed by atoms with Gasteiger partial charge in [-0.05, 0) is 47.5 Å². The number of hydrogen-bond acceptors (Lipinski definition) is 7. The van der Waals surface area contributed by atoms with Gasteiger partial charge in [0.1, 0.15) is 0 Å². The van der Waals surface area contributed by atoms with Crippen molar-refractivity contribution in [2.75, 3.05) is 14.2 Å². The van der Waals surface area contributed by atoms with E-state index in [0.29, 0.717) is 17.1 Å². The summed E-state index contributed by atoms with van der Waals surface area (Å²) in [5.74, 6) is 1.15. The normalized spacial score (nSPS) is 10.6. The summed E-state index contributed by atoms with van der Waals surface area (Å²) in [4.78, 5) is 29.3. The third-order valence-electron chi connectivity index (χ3n) is 4.98. The molecule has 1 aromatic heterocycles. The van der Waals surface area contributed by atoms with Gasteiger partial charge in [0.05, 0.1) is 30.9 Å². The lowest BCUT2D eigenvalue weighted by Gasteiger charge is -2.10. The first-order valence-electron chi connectivity index (χ1n) is 10.4. The molecule has 0 spiro atoms. The van der Waals surface area contributed by atoms with Crippen LogP contribution in [0.4, 0.5) is 0 Å². The van der Waals surface area contributed by atoms with Gasteiger partial charge >= 0.3 is 0 Å². The lowest BCUT2D eigenvalue weighted by Crippen LogP contribution is -2.42. The number of carbonyl (C=O) groups is 2. The van der Waals surface area contributed by atoms with E-state index >= 15 is 0 Å². The molecule has 0 atom stereocenters. The maximum absolute atomic E-state index is 12.4. The fourth-order valence-corrected chi connectivity index (χ4v) is 5.25. The van der Waals surface area contributed by atoms with Gasteiger partial charge in [0.25, 0.3) is 5.91 Å². The van der Waals surface area contributed by atoms with Crippen molar-refractivity contribution in [3.8, 4) is 11.5 Å². The van der Waals surface area contributed by atoms with Gasteiger partial charge in [-0.25, -0.2) is 4.98 Å². The molecule has 4 aromatic rings. The number of thioether (sulfide) groups is 1. The van der Waals surface area contributed by atoms with Gasteiger partial charge in [0.2, 0.25) is 5.91 Å². The summed E-state index contributed by atoms with van der Waals surface area (Å²) in [6.45, 7) is 0. The van der Waals surface area contributed by atoms with E-state index in [1.807, 2.05) is 30.3 Å². The first kappa shape index (κ1) is 23.6. The molecule has 0 aliphatic carbocycles. The molecule has 0 saturated carbocycles. The zero-order valence-electron chi connectivity index (χ0n) is 18.7. The van der Waals surface area contributed by atoms with Gasteiger partial charge in [-0.2, -0.15) is 0 Å². The van der Waals surface area contributed by atoms with Crippen molar-refractivity contribution in [3.05, 3.63) is 83.4 Å². The molecule has 1 heterocycles. The average Bonchev–Trinajstić information content (AvgIpc) is 3.29. The third-order valence-corrected chi connectivity index (χ3v) is 7.23. The van der Waals surface area contributed by atoms with Crippen molar-refractivity contribution in [1.29, 1.82) is 0 Å². The summed E-state index contributed by atoms with van der Waals surface area (Å²) in [5, 5.41) is 0. The van der Waals surface area contributed by atoms with Gasteiger partial charge in [-0.3, -0.25) is 20.4 Å². The first-order chi connectivity index (χ1) is 16.6. The van der Waals surface area contributed by atoms with Crippen LogP contribution >= 0.6 is 23.1 Å². The van der Waals surface area contributed by atoms with Crippen molar-refractivity contribution in [2.45, 2.75) is 16.5 Å². The van der Waals surface area contributed by atoms with E-state index < -0.39 is 0 Å². The highest BCUT2D eigenvalue weighted by molar-refractivity contribution is 8.00. The molecule has 3 aromatic carbocycles. The van der Waals surface area contributed by atoms with Gasteiger partial charge in [-0.1, -0.05) is 42.1 Å². The number of nitrogens with zero attached hydrogens (tertiary/aromatic N) is 1. The minimum Gasteiger partial charge on any atom is -0.493 e. The lowest BCUT2D eigenvalue weighted by atomic mass is 10.1. The molecular weight excluding hydrogens is 470 g/mol. The van der Waals surface area contributed by atoms with Crippen molar-refractivity contribution in [1.82, 2.24) is 15.8 Å². The van der Waals surface area contributed by atoms with Crippen molar-refractivity contribution in [2.24, 2.45) is 0 Å². The number of fused-ring (bicyclic) bond motifs is 1. The molecule has 174 valence electrons. The van der Waals surface area contributed by atoms with Gasteiger partial charge < -0.3 is 9.47 Å². The number of amides is 2. The second-order valence-electron chi connectivity index (χ2n) is 7.30. The quantitative estimate of drug-likeness (QED) is 0.275. The Morgan fingerprint density at radius 2 is 1.65 bits per heavy atom. The number of para-hydroxylation sites is 1. The highest BCUT2D eigenvalue weighted by Crippen LogP contribution is 2.31. The zero-order chi connectivity index (χ0) is 23.9. The van der Waals surface area contributed by atoms with Crippen LogP contribution in [-0.4, -0.2) is 31.0 Å². The summed E-state index contributed by atoms with van der Waals surface area (Å²) in [5.41, 5.74) is 8.19. The fraction of sp³-hybridized carbons (Fsp3) is 0.160. The van der Waals surface area contributed by atoms with E-state index in [9.17, 15) is 9.59 Å². The standard InChI is InChI=1S/C25H23N3O4S2/c1-31-20-12-9-17(13-21(20)32-2)14-23(29)27-28-24(30)18-10-7-16(8-11-18)15-33-25-26-19-5-3-4-6-22(19)34-25/h3-13H,14-15H2,1-2H3,(H,27,29)(H,28,30).